The number of hydrogen-bond donors (Lipinski definition) is 0. The Morgan fingerprint density at radius 3 is 2.68 bits per heavy atom. The van der Waals surface area contributed by atoms with Crippen molar-refractivity contribution in [2.45, 2.75) is 51.0 Å². The maximum atomic E-state index is 6.32. The van der Waals surface area contributed by atoms with Gasteiger partial charge in [0.1, 0.15) is 0 Å². The number of benzene rings is 1. The van der Waals surface area contributed by atoms with E-state index in [1.165, 1.54) is 0 Å². The van der Waals surface area contributed by atoms with E-state index in [1.54, 1.807) is 24.7 Å². The molecule has 0 amide bonds. The average molecular weight is 404 g/mol. The van der Waals surface area contributed by atoms with Crippen molar-refractivity contribution in [3.8, 4) is 0 Å². The zero-order valence-corrected chi connectivity index (χ0v) is 16.3. The first-order valence-corrected chi connectivity index (χ1v) is 9.55. The van der Waals surface area contributed by atoms with E-state index in [1.807, 2.05) is 10.8 Å². The van der Waals surface area contributed by atoms with Gasteiger partial charge < -0.3 is 14.0 Å². The van der Waals surface area contributed by atoms with Gasteiger partial charge in [-0.1, -0.05) is 48.1 Å². The van der Waals surface area contributed by atoms with Gasteiger partial charge in [0, 0.05) is 33.9 Å². The van der Waals surface area contributed by atoms with Crippen LogP contribution in [-0.4, -0.2) is 28.0 Å². The number of hydrogen-bond acceptors (Lipinski definition) is 3. The Morgan fingerprint density at radius 2 is 2.04 bits per heavy atom. The Hall–Kier alpha value is -0.780. The molecule has 1 aromatic heterocycles. The lowest BCUT2D eigenvalue weighted by molar-refractivity contribution is -0.182. The predicted molar refractivity (Wildman–Crippen MR) is 100 cm³/mol. The lowest BCUT2D eigenvalue weighted by atomic mass is 10.0. The first-order chi connectivity index (χ1) is 12.0. The standard InChI is InChI=1S/C18H21Cl3N2O2/c1-2-3-14-10-24-18(25-14,11-23-7-6-22-12-23)5-4-15-16(20)8-13(19)9-17(15)21/h6-9,12,14H,2-5,10-11H2,1H3. The van der Waals surface area contributed by atoms with Crippen molar-refractivity contribution in [3.05, 3.63) is 51.5 Å². The number of imidazole rings is 1. The molecule has 7 heteroatoms. The minimum Gasteiger partial charge on any atom is -0.345 e. The molecule has 1 saturated heterocycles. The van der Waals surface area contributed by atoms with Crippen LogP contribution in [0.15, 0.2) is 30.9 Å². The fourth-order valence-corrected chi connectivity index (χ4v) is 4.16. The Balaban J connectivity index is 1.77. The molecule has 2 unspecified atom stereocenters. The molecule has 0 N–H and O–H groups in total. The average Bonchev–Trinajstić information content (AvgIpc) is 3.18. The van der Waals surface area contributed by atoms with Crippen LogP contribution in [0.25, 0.3) is 0 Å². The van der Waals surface area contributed by atoms with Crippen molar-refractivity contribution < 1.29 is 9.47 Å². The zero-order chi connectivity index (χ0) is 17.9. The maximum Gasteiger partial charge on any atom is 0.187 e. The lowest BCUT2D eigenvalue weighted by Gasteiger charge is -2.29. The molecule has 1 fully saturated rings. The highest BCUT2D eigenvalue weighted by atomic mass is 35.5. The van der Waals surface area contributed by atoms with E-state index in [0.717, 1.165) is 18.4 Å². The molecule has 0 radical (unpaired) electrons. The summed E-state index contributed by atoms with van der Waals surface area (Å²) in [6, 6.07) is 3.42. The summed E-state index contributed by atoms with van der Waals surface area (Å²) in [6.07, 6.45) is 8.87. The summed E-state index contributed by atoms with van der Waals surface area (Å²) in [5.74, 6) is -0.702. The predicted octanol–water partition coefficient (Wildman–Crippen LogP) is 5.39. The third kappa shape index (κ3) is 4.69. The van der Waals surface area contributed by atoms with Crippen LogP contribution < -0.4 is 0 Å². The summed E-state index contributed by atoms with van der Waals surface area (Å²) in [5, 5.41) is 1.67. The largest absolute Gasteiger partial charge is 0.345 e. The number of rotatable bonds is 7. The molecule has 25 heavy (non-hydrogen) atoms. The Bertz CT molecular complexity index is 685. The third-order valence-electron chi connectivity index (χ3n) is 4.37. The van der Waals surface area contributed by atoms with Gasteiger partial charge in [-0.2, -0.15) is 0 Å². The molecule has 1 aliphatic rings. The van der Waals surface area contributed by atoms with Crippen LogP contribution in [0.2, 0.25) is 15.1 Å². The molecule has 1 aromatic carbocycles. The molecule has 0 spiro atoms. The van der Waals surface area contributed by atoms with E-state index >= 15 is 0 Å². The van der Waals surface area contributed by atoms with Gasteiger partial charge >= 0.3 is 0 Å². The molecule has 2 atom stereocenters. The quantitative estimate of drug-likeness (QED) is 0.622. The van der Waals surface area contributed by atoms with Crippen LogP contribution in [-0.2, 0) is 22.4 Å². The molecule has 2 heterocycles. The summed E-state index contributed by atoms with van der Waals surface area (Å²) >= 11 is 18.6. The highest BCUT2D eigenvalue weighted by molar-refractivity contribution is 6.39. The second-order valence-electron chi connectivity index (χ2n) is 6.33. The number of halogens is 3. The fourth-order valence-electron chi connectivity index (χ4n) is 3.16. The Kier molecular flexibility index (Phi) is 6.29. The van der Waals surface area contributed by atoms with Gasteiger partial charge in [0.15, 0.2) is 5.79 Å². The molecule has 0 bridgehead atoms. The van der Waals surface area contributed by atoms with Gasteiger partial charge in [-0.15, -0.1) is 0 Å². The van der Waals surface area contributed by atoms with Crippen LogP contribution in [0.5, 0.6) is 0 Å². The fraction of sp³-hybridized carbons (Fsp3) is 0.500. The topological polar surface area (TPSA) is 36.3 Å². The molecule has 136 valence electrons. The van der Waals surface area contributed by atoms with Crippen molar-refractivity contribution in [1.82, 2.24) is 9.55 Å². The zero-order valence-electron chi connectivity index (χ0n) is 14.1. The van der Waals surface area contributed by atoms with Crippen molar-refractivity contribution in [2.75, 3.05) is 6.61 Å². The maximum absolute atomic E-state index is 6.32. The normalized spacial score (nSPS) is 23.3. The highest BCUT2D eigenvalue weighted by Crippen LogP contribution is 2.36. The Labute approximate surface area is 163 Å². The van der Waals surface area contributed by atoms with Gasteiger partial charge in [-0.25, -0.2) is 4.98 Å². The molecule has 2 aromatic rings. The van der Waals surface area contributed by atoms with Gasteiger partial charge in [-0.05, 0) is 30.5 Å². The van der Waals surface area contributed by atoms with E-state index in [9.17, 15) is 0 Å². The Morgan fingerprint density at radius 1 is 1.28 bits per heavy atom. The summed E-state index contributed by atoms with van der Waals surface area (Å²) < 4.78 is 14.4. The number of ether oxygens (including phenoxy) is 2. The van der Waals surface area contributed by atoms with Gasteiger partial charge in [0.25, 0.3) is 0 Å². The van der Waals surface area contributed by atoms with Crippen LogP contribution in [0.3, 0.4) is 0 Å². The van der Waals surface area contributed by atoms with Crippen LogP contribution in [0, 0.1) is 0 Å². The lowest BCUT2D eigenvalue weighted by Crippen LogP contribution is -2.36. The first-order valence-electron chi connectivity index (χ1n) is 8.42. The summed E-state index contributed by atoms with van der Waals surface area (Å²) in [7, 11) is 0. The molecule has 0 saturated carbocycles. The number of nitrogens with zero attached hydrogens (tertiary/aromatic N) is 2. The minimum atomic E-state index is -0.702. The third-order valence-corrected chi connectivity index (χ3v) is 5.26. The monoisotopic (exact) mass is 402 g/mol. The van der Waals surface area contributed by atoms with Gasteiger partial charge in [0.05, 0.1) is 25.6 Å². The number of aromatic nitrogens is 2. The van der Waals surface area contributed by atoms with Crippen molar-refractivity contribution in [3.63, 3.8) is 0 Å². The highest BCUT2D eigenvalue weighted by Gasteiger charge is 2.41. The van der Waals surface area contributed by atoms with Gasteiger partial charge in [0.2, 0.25) is 0 Å². The second kappa shape index (κ2) is 8.28. The summed E-state index contributed by atoms with van der Waals surface area (Å²) in [6.45, 7) is 3.33. The van der Waals surface area contributed by atoms with E-state index in [0.29, 0.717) is 41.1 Å². The molecular weight excluding hydrogens is 383 g/mol. The van der Waals surface area contributed by atoms with Crippen molar-refractivity contribution in [2.24, 2.45) is 0 Å². The molecule has 3 rings (SSSR count). The minimum absolute atomic E-state index is 0.115. The van der Waals surface area contributed by atoms with E-state index in [4.69, 9.17) is 44.3 Å². The summed E-state index contributed by atoms with van der Waals surface area (Å²) in [4.78, 5) is 4.10. The van der Waals surface area contributed by atoms with E-state index in [2.05, 4.69) is 11.9 Å². The SMILES string of the molecule is CCCC1COC(CCc2c(Cl)cc(Cl)cc2Cl)(Cn2ccnc2)O1. The van der Waals surface area contributed by atoms with Crippen LogP contribution in [0.4, 0.5) is 0 Å². The summed E-state index contributed by atoms with van der Waals surface area (Å²) in [5.41, 5.74) is 0.865. The molecule has 1 aliphatic heterocycles. The van der Waals surface area contributed by atoms with E-state index in [-0.39, 0.29) is 6.10 Å². The van der Waals surface area contributed by atoms with Crippen molar-refractivity contribution in [1.29, 1.82) is 0 Å². The second-order valence-corrected chi connectivity index (χ2v) is 7.58. The van der Waals surface area contributed by atoms with Crippen molar-refractivity contribution >= 4 is 34.8 Å². The molecule has 4 nitrogen and oxygen atoms in total. The van der Waals surface area contributed by atoms with Gasteiger partial charge in [-0.3, -0.25) is 0 Å². The van der Waals surface area contributed by atoms with Crippen LogP contribution in [0.1, 0.15) is 31.7 Å². The molecular formula is C18H21Cl3N2O2. The smallest absolute Gasteiger partial charge is 0.187 e. The first kappa shape index (κ1) is 19.0. The molecule has 0 aliphatic carbocycles. The van der Waals surface area contributed by atoms with E-state index < -0.39 is 5.79 Å². The van der Waals surface area contributed by atoms with Crippen LogP contribution >= 0.6 is 34.8 Å².